The second-order valence-corrected chi connectivity index (χ2v) is 8.44. The van der Waals surface area contributed by atoms with Gasteiger partial charge >= 0.3 is 0 Å². The van der Waals surface area contributed by atoms with Crippen LogP contribution in [0.25, 0.3) is 0 Å². The number of carbonyl (C=O) groups is 1. The van der Waals surface area contributed by atoms with E-state index in [2.05, 4.69) is 21.2 Å². The minimum atomic E-state index is -3.76. The number of hydrogen-bond donors (Lipinski definition) is 2. The Morgan fingerprint density at radius 3 is 2.73 bits per heavy atom. The van der Waals surface area contributed by atoms with Gasteiger partial charge in [-0.05, 0) is 37.4 Å². The number of nitrogens with two attached hydrogens (primary N) is 1. The van der Waals surface area contributed by atoms with E-state index >= 15 is 0 Å². The molecule has 1 fully saturated rings. The summed E-state index contributed by atoms with van der Waals surface area (Å²) in [7, 11) is -3.76. The Morgan fingerprint density at radius 1 is 1.45 bits per heavy atom. The van der Waals surface area contributed by atoms with Crippen molar-refractivity contribution >= 4 is 31.7 Å². The van der Waals surface area contributed by atoms with Crippen LogP contribution in [0.2, 0.25) is 0 Å². The average molecular weight is 393 g/mol. The third-order valence-electron chi connectivity index (χ3n) is 3.93. The van der Waals surface area contributed by atoms with Gasteiger partial charge < -0.3 is 11.1 Å². The van der Waals surface area contributed by atoms with E-state index in [-0.39, 0.29) is 17.5 Å². The summed E-state index contributed by atoms with van der Waals surface area (Å²) in [6.07, 6.45) is 3.59. The van der Waals surface area contributed by atoms with Crippen LogP contribution in [0.3, 0.4) is 0 Å². The summed E-state index contributed by atoms with van der Waals surface area (Å²) in [6, 6.07) is 2.34. The van der Waals surface area contributed by atoms with Crippen LogP contribution < -0.4 is 11.1 Å². The van der Waals surface area contributed by atoms with E-state index in [4.69, 9.17) is 5.73 Å². The molecule has 0 aliphatic heterocycles. The molecule has 1 amide bonds. The molecule has 122 valence electrons. The standard InChI is InChI=1S/C14H18BrFN2O3S/c1-22(20,21)12-6-9(15)5-10(13(12)16)14(19)18-11-4-2-3-8(11)7-17/h5-6,8,11H,2-4,7,17H2,1H3,(H,18,19). The molecule has 0 saturated heterocycles. The molecule has 2 atom stereocenters. The number of sulfone groups is 1. The second-order valence-electron chi connectivity index (χ2n) is 5.54. The Kier molecular flexibility index (Phi) is 5.24. The predicted octanol–water partition coefficient (Wildman–Crippen LogP) is 1.85. The van der Waals surface area contributed by atoms with Gasteiger partial charge in [0.1, 0.15) is 4.90 Å². The van der Waals surface area contributed by atoms with Gasteiger partial charge in [0.2, 0.25) is 0 Å². The molecule has 0 heterocycles. The lowest BCUT2D eigenvalue weighted by Crippen LogP contribution is -2.40. The molecule has 1 aromatic carbocycles. The van der Waals surface area contributed by atoms with Gasteiger partial charge in [-0.3, -0.25) is 4.79 Å². The summed E-state index contributed by atoms with van der Waals surface area (Å²) in [5.74, 6) is -1.46. The summed E-state index contributed by atoms with van der Waals surface area (Å²) in [4.78, 5) is 11.8. The van der Waals surface area contributed by atoms with Crippen LogP contribution in [0, 0.1) is 11.7 Å². The zero-order chi connectivity index (χ0) is 16.5. The van der Waals surface area contributed by atoms with Crippen LogP contribution >= 0.6 is 15.9 Å². The zero-order valence-corrected chi connectivity index (χ0v) is 14.5. The maximum absolute atomic E-state index is 14.4. The second kappa shape index (κ2) is 6.64. The smallest absolute Gasteiger partial charge is 0.254 e. The van der Waals surface area contributed by atoms with E-state index in [1.807, 2.05) is 0 Å². The van der Waals surface area contributed by atoms with Crippen molar-refractivity contribution in [3.05, 3.63) is 28.0 Å². The van der Waals surface area contributed by atoms with Gasteiger partial charge in [0.05, 0.1) is 5.56 Å². The highest BCUT2D eigenvalue weighted by Gasteiger charge is 2.29. The van der Waals surface area contributed by atoms with E-state index in [9.17, 15) is 17.6 Å². The predicted molar refractivity (Wildman–Crippen MR) is 84.9 cm³/mol. The van der Waals surface area contributed by atoms with Crippen molar-refractivity contribution in [2.24, 2.45) is 11.7 Å². The van der Waals surface area contributed by atoms with Crippen molar-refractivity contribution in [1.82, 2.24) is 5.32 Å². The first-order valence-electron chi connectivity index (χ1n) is 6.94. The lowest BCUT2D eigenvalue weighted by Gasteiger charge is -2.20. The molecule has 1 saturated carbocycles. The molecule has 2 unspecified atom stereocenters. The lowest BCUT2D eigenvalue weighted by molar-refractivity contribution is 0.0924. The number of carbonyl (C=O) groups excluding carboxylic acids is 1. The molecule has 3 N–H and O–H groups in total. The minimum Gasteiger partial charge on any atom is -0.349 e. The number of amides is 1. The number of rotatable bonds is 4. The fourth-order valence-corrected chi connectivity index (χ4v) is 4.14. The molecular weight excluding hydrogens is 375 g/mol. The average Bonchev–Trinajstić information content (AvgIpc) is 2.86. The van der Waals surface area contributed by atoms with E-state index < -0.39 is 26.5 Å². The maximum atomic E-state index is 14.4. The fourth-order valence-electron chi connectivity index (χ4n) is 2.75. The van der Waals surface area contributed by atoms with Crippen LogP contribution in [0.1, 0.15) is 29.6 Å². The Morgan fingerprint density at radius 2 is 2.14 bits per heavy atom. The Hall–Kier alpha value is -0.990. The Labute approximate surface area is 137 Å². The van der Waals surface area contributed by atoms with Crippen molar-refractivity contribution in [2.45, 2.75) is 30.2 Å². The minimum absolute atomic E-state index is 0.0995. The number of nitrogens with one attached hydrogen (secondary N) is 1. The number of halogens is 2. The van der Waals surface area contributed by atoms with Gasteiger partial charge in [0.15, 0.2) is 15.7 Å². The maximum Gasteiger partial charge on any atom is 0.254 e. The topological polar surface area (TPSA) is 89.3 Å². The van der Waals surface area contributed by atoms with E-state index in [0.29, 0.717) is 11.0 Å². The van der Waals surface area contributed by atoms with Crippen LogP contribution in [-0.2, 0) is 9.84 Å². The summed E-state index contributed by atoms with van der Waals surface area (Å²) in [5, 5.41) is 2.77. The molecule has 0 spiro atoms. The van der Waals surface area contributed by atoms with E-state index in [1.165, 1.54) is 6.07 Å². The third-order valence-corrected chi connectivity index (χ3v) is 5.48. The first-order valence-corrected chi connectivity index (χ1v) is 9.62. The van der Waals surface area contributed by atoms with Crippen molar-refractivity contribution in [1.29, 1.82) is 0 Å². The van der Waals surface area contributed by atoms with Crippen LogP contribution in [0.5, 0.6) is 0 Å². The van der Waals surface area contributed by atoms with E-state index in [0.717, 1.165) is 31.6 Å². The van der Waals surface area contributed by atoms with Gasteiger partial charge in [-0.1, -0.05) is 22.4 Å². The fraction of sp³-hybridized carbons (Fsp3) is 0.500. The first-order chi connectivity index (χ1) is 10.2. The van der Waals surface area contributed by atoms with Crippen molar-refractivity contribution < 1.29 is 17.6 Å². The lowest BCUT2D eigenvalue weighted by atomic mass is 10.0. The molecule has 0 radical (unpaired) electrons. The largest absolute Gasteiger partial charge is 0.349 e. The van der Waals surface area contributed by atoms with Crippen LogP contribution in [0.15, 0.2) is 21.5 Å². The van der Waals surface area contributed by atoms with Gasteiger partial charge in [-0.25, -0.2) is 12.8 Å². The van der Waals surface area contributed by atoms with Gasteiger partial charge in [-0.15, -0.1) is 0 Å². The first kappa shape index (κ1) is 17.4. The monoisotopic (exact) mass is 392 g/mol. The quantitative estimate of drug-likeness (QED) is 0.817. The summed E-state index contributed by atoms with van der Waals surface area (Å²) >= 11 is 3.12. The van der Waals surface area contributed by atoms with Crippen molar-refractivity contribution in [3.8, 4) is 0 Å². The molecule has 1 aromatic rings. The highest BCUT2D eigenvalue weighted by molar-refractivity contribution is 9.10. The molecule has 8 heteroatoms. The summed E-state index contributed by atoms with van der Waals surface area (Å²) < 4.78 is 37.9. The van der Waals surface area contributed by atoms with Crippen molar-refractivity contribution in [3.63, 3.8) is 0 Å². The Bertz CT molecular complexity index is 694. The molecule has 1 aliphatic rings. The molecular formula is C14H18BrFN2O3S. The molecule has 2 rings (SSSR count). The third kappa shape index (κ3) is 3.67. The van der Waals surface area contributed by atoms with Gasteiger partial charge in [-0.2, -0.15) is 0 Å². The molecule has 1 aliphatic carbocycles. The summed E-state index contributed by atoms with van der Waals surface area (Å²) in [5.41, 5.74) is 5.38. The number of hydrogen-bond acceptors (Lipinski definition) is 4. The van der Waals surface area contributed by atoms with Crippen LogP contribution in [-0.4, -0.2) is 33.2 Å². The molecule has 0 bridgehead atoms. The van der Waals surface area contributed by atoms with Crippen LogP contribution in [0.4, 0.5) is 4.39 Å². The highest BCUT2D eigenvalue weighted by Crippen LogP contribution is 2.27. The van der Waals surface area contributed by atoms with Gasteiger partial charge in [0, 0.05) is 16.8 Å². The zero-order valence-electron chi connectivity index (χ0n) is 12.1. The van der Waals surface area contributed by atoms with Gasteiger partial charge in [0.25, 0.3) is 5.91 Å². The molecule has 22 heavy (non-hydrogen) atoms. The summed E-state index contributed by atoms with van der Waals surface area (Å²) in [6.45, 7) is 0.459. The SMILES string of the molecule is CS(=O)(=O)c1cc(Br)cc(C(=O)NC2CCCC2CN)c1F. The Balaban J connectivity index is 2.32. The number of benzene rings is 1. The van der Waals surface area contributed by atoms with Crippen molar-refractivity contribution in [2.75, 3.05) is 12.8 Å². The molecule has 0 aromatic heterocycles. The molecule has 5 nitrogen and oxygen atoms in total. The van der Waals surface area contributed by atoms with E-state index in [1.54, 1.807) is 0 Å². The normalized spacial score (nSPS) is 21.8. The highest BCUT2D eigenvalue weighted by atomic mass is 79.9.